The highest BCUT2D eigenvalue weighted by molar-refractivity contribution is 7.89. The number of hydrogen-bond acceptors (Lipinski definition) is 4. The SMILES string of the molecule is Cc1ccc(S(=O)(=O)N2CC3CCCC3C2C(N)=O)o1. The Morgan fingerprint density at radius 1 is 1.40 bits per heavy atom. The van der Waals surface area contributed by atoms with Gasteiger partial charge in [-0.05, 0) is 43.7 Å². The Balaban J connectivity index is 1.98. The van der Waals surface area contributed by atoms with Crippen LogP contribution in [0.1, 0.15) is 25.0 Å². The Bertz CT molecular complexity index is 637. The number of nitrogens with zero attached hydrogens (tertiary/aromatic N) is 1. The molecular weight excluding hydrogens is 280 g/mol. The van der Waals surface area contributed by atoms with E-state index in [0.717, 1.165) is 19.3 Å². The van der Waals surface area contributed by atoms with Gasteiger partial charge in [0, 0.05) is 6.54 Å². The van der Waals surface area contributed by atoms with Crippen molar-refractivity contribution in [3.63, 3.8) is 0 Å². The summed E-state index contributed by atoms with van der Waals surface area (Å²) in [6, 6.07) is 2.29. The van der Waals surface area contributed by atoms with E-state index >= 15 is 0 Å². The molecule has 1 saturated carbocycles. The van der Waals surface area contributed by atoms with E-state index in [-0.39, 0.29) is 16.9 Å². The molecule has 0 spiro atoms. The molecule has 1 aromatic heterocycles. The number of aryl methyl sites for hydroxylation is 1. The highest BCUT2D eigenvalue weighted by Crippen LogP contribution is 2.44. The average molecular weight is 298 g/mol. The maximum atomic E-state index is 12.6. The lowest BCUT2D eigenvalue weighted by Crippen LogP contribution is -2.46. The van der Waals surface area contributed by atoms with Crippen molar-refractivity contribution in [2.45, 2.75) is 37.3 Å². The summed E-state index contributed by atoms with van der Waals surface area (Å²) in [7, 11) is -3.79. The number of hydrogen-bond donors (Lipinski definition) is 1. The third-order valence-electron chi connectivity index (χ3n) is 4.42. The topological polar surface area (TPSA) is 93.6 Å². The van der Waals surface area contributed by atoms with Crippen molar-refractivity contribution >= 4 is 15.9 Å². The number of carbonyl (C=O) groups excluding carboxylic acids is 1. The number of primary amides is 1. The van der Waals surface area contributed by atoms with Crippen LogP contribution in [0.2, 0.25) is 0 Å². The summed E-state index contributed by atoms with van der Waals surface area (Å²) in [5, 5.41) is -0.110. The second-order valence-electron chi connectivity index (χ2n) is 5.64. The Kier molecular flexibility index (Phi) is 3.13. The molecule has 1 amide bonds. The predicted molar refractivity (Wildman–Crippen MR) is 71.2 cm³/mol. The minimum atomic E-state index is -3.79. The molecule has 110 valence electrons. The van der Waals surface area contributed by atoms with Gasteiger partial charge in [-0.25, -0.2) is 8.42 Å². The summed E-state index contributed by atoms with van der Waals surface area (Å²) < 4.78 is 31.7. The van der Waals surface area contributed by atoms with Gasteiger partial charge in [0.15, 0.2) is 0 Å². The van der Waals surface area contributed by atoms with Crippen molar-refractivity contribution in [2.24, 2.45) is 17.6 Å². The van der Waals surface area contributed by atoms with E-state index < -0.39 is 22.0 Å². The van der Waals surface area contributed by atoms with Crippen LogP contribution in [-0.4, -0.2) is 31.2 Å². The van der Waals surface area contributed by atoms with Gasteiger partial charge in [0.2, 0.25) is 11.0 Å². The van der Waals surface area contributed by atoms with Crippen molar-refractivity contribution in [1.29, 1.82) is 0 Å². The molecule has 3 unspecified atom stereocenters. The molecule has 1 aromatic rings. The number of nitrogens with two attached hydrogens (primary N) is 1. The first-order valence-electron chi connectivity index (χ1n) is 6.79. The molecule has 7 heteroatoms. The molecule has 2 aliphatic rings. The number of sulfonamides is 1. The first-order valence-corrected chi connectivity index (χ1v) is 8.23. The average Bonchev–Trinajstić information content (AvgIpc) is 3.00. The van der Waals surface area contributed by atoms with Crippen LogP contribution in [0.25, 0.3) is 0 Å². The second kappa shape index (κ2) is 4.60. The van der Waals surface area contributed by atoms with Gasteiger partial charge in [0.05, 0.1) is 0 Å². The summed E-state index contributed by atoms with van der Waals surface area (Å²) in [4.78, 5) is 11.7. The van der Waals surface area contributed by atoms with Crippen LogP contribution in [0.4, 0.5) is 0 Å². The Labute approximate surface area is 118 Å². The fraction of sp³-hybridized carbons (Fsp3) is 0.615. The van der Waals surface area contributed by atoms with E-state index in [0.29, 0.717) is 12.3 Å². The molecule has 0 aromatic carbocycles. The number of furan rings is 1. The van der Waals surface area contributed by atoms with Crippen molar-refractivity contribution in [3.05, 3.63) is 17.9 Å². The highest BCUT2D eigenvalue weighted by Gasteiger charge is 2.52. The van der Waals surface area contributed by atoms with Gasteiger partial charge in [0.1, 0.15) is 11.8 Å². The zero-order chi connectivity index (χ0) is 14.5. The maximum Gasteiger partial charge on any atom is 0.277 e. The molecule has 0 radical (unpaired) electrons. The van der Waals surface area contributed by atoms with Crippen LogP contribution < -0.4 is 5.73 Å². The van der Waals surface area contributed by atoms with Crippen molar-refractivity contribution in [1.82, 2.24) is 4.31 Å². The van der Waals surface area contributed by atoms with Crippen LogP contribution in [-0.2, 0) is 14.8 Å². The lowest BCUT2D eigenvalue weighted by atomic mass is 9.94. The minimum absolute atomic E-state index is 0.0540. The van der Waals surface area contributed by atoms with Gasteiger partial charge in [-0.1, -0.05) is 6.42 Å². The number of rotatable bonds is 3. The van der Waals surface area contributed by atoms with Gasteiger partial charge >= 0.3 is 0 Å². The molecule has 6 nitrogen and oxygen atoms in total. The van der Waals surface area contributed by atoms with Gasteiger partial charge in [-0.2, -0.15) is 4.31 Å². The molecule has 3 atom stereocenters. The summed E-state index contributed by atoms with van der Waals surface area (Å²) in [6.07, 6.45) is 2.85. The van der Waals surface area contributed by atoms with E-state index in [1.807, 2.05) is 0 Å². The summed E-state index contributed by atoms with van der Waals surface area (Å²) >= 11 is 0. The highest BCUT2D eigenvalue weighted by atomic mass is 32.2. The summed E-state index contributed by atoms with van der Waals surface area (Å²) in [5.41, 5.74) is 5.45. The Morgan fingerprint density at radius 3 is 2.75 bits per heavy atom. The van der Waals surface area contributed by atoms with Crippen molar-refractivity contribution < 1.29 is 17.6 Å². The van der Waals surface area contributed by atoms with Crippen LogP contribution in [0.15, 0.2) is 21.6 Å². The molecule has 0 bridgehead atoms. The molecule has 20 heavy (non-hydrogen) atoms. The Hall–Kier alpha value is -1.34. The maximum absolute atomic E-state index is 12.6. The molecular formula is C13H18N2O4S. The quantitative estimate of drug-likeness (QED) is 0.895. The monoisotopic (exact) mass is 298 g/mol. The molecule has 2 fully saturated rings. The van der Waals surface area contributed by atoms with Crippen molar-refractivity contribution in [3.8, 4) is 0 Å². The summed E-state index contributed by atoms with van der Waals surface area (Å²) in [5.74, 6) is 0.251. The molecule has 2 heterocycles. The molecule has 3 rings (SSSR count). The Morgan fingerprint density at radius 2 is 2.15 bits per heavy atom. The first-order chi connectivity index (χ1) is 9.41. The van der Waals surface area contributed by atoms with E-state index in [1.165, 1.54) is 10.4 Å². The zero-order valence-corrected chi connectivity index (χ0v) is 12.1. The molecule has 1 saturated heterocycles. The molecule has 1 aliphatic heterocycles. The normalized spacial score (nSPS) is 30.6. The third kappa shape index (κ3) is 1.96. The molecule has 2 N–H and O–H groups in total. The van der Waals surface area contributed by atoms with Crippen LogP contribution >= 0.6 is 0 Å². The molecule has 1 aliphatic carbocycles. The fourth-order valence-electron chi connectivity index (χ4n) is 3.53. The number of amides is 1. The lowest BCUT2D eigenvalue weighted by Gasteiger charge is -2.23. The largest absolute Gasteiger partial charge is 0.449 e. The number of carbonyl (C=O) groups is 1. The summed E-state index contributed by atoms with van der Waals surface area (Å²) in [6.45, 7) is 2.05. The number of fused-ring (bicyclic) bond motifs is 1. The lowest BCUT2D eigenvalue weighted by molar-refractivity contribution is -0.122. The van der Waals surface area contributed by atoms with Crippen LogP contribution in [0.3, 0.4) is 0 Å². The van der Waals surface area contributed by atoms with E-state index in [9.17, 15) is 13.2 Å². The van der Waals surface area contributed by atoms with Gasteiger partial charge in [0.25, 0.3) is 10.0 Å². The predicted octanol–water partition coefficient (Wildman–Crippen LogP) is 0.863. The minimum Gasteiger partial charge on any atom is -0.449 e. The van der Waals surface area contributed by atoms with Crippen LogP contribution in [0.5, 0.6) is 0 Å². The van der Waals surface area contributed by atoms with E-state index in [4.69, 9.17) is 10.2 Å². The zero-order valence-electron chi connectivity index (χ0n) is 11.3. The van der Waals surface area contributed by atoms with E-state index in [2.05, 4.69) is 0 Å². The first kappa shape index (κ1) is 13.6. The van der Waals surface area contributed by atoms with Gasteiger partial charge < -0.3 is 10.2 Å². The smallest absolute Gasteiger partial charge is 0.277 e. The van der Waals surface area contributed by atoms with Gasteiger partial charge in [-0.15, -0.1) is 0 Å². The second-order valence-corrected chi connectivity index (χ2v) is 7.46. The van der Waals surface area contributed by atoms with Crippen LogP contribution in [0, 0.1) is 18.8 Å². The van der Waals surface area contributed by atoms with Crippen molar-refractivity contribution in [2.75, 3.05) is 6.54 Å². The third-order valence-corrected chi connectivity index (χ3v) is 6.14. The van der Waals surface area contributed by atoms with Gasteiger partial charge in [-0.3, -0.25) is 4.79 Å². The standard InChI is InChI=1S/C13H18N2O4S/c1-8-5-6-11(19-8)20(17,18)15-7-9-3-2-4-10(9)12(15)13(14)16/h5-6,9-10,12H,2-4,7H2,1H3,(H2,14,16). The van der Waals surface area contributed by atoms with E-state index in [1.54, 1.807) is 13.0 Å². The fourth-order valence-corrected chi connectivity index (χ4v) is 5.19.